The molecule has 0 saturated carbocycles. The summed E-state index contributed by atoms with van der Waals surface area (Å²) in [6.07, 6.45) is 3.78. The zero-order valence-corrected chi connectivity index (χ0v) is 16.8. The van der Waals surface area contributed by atoms with Crippen LogP contribution in [0.2, 0.25) is 0 Å². The van der Waals surface area contributed by atoms with E-state index in [9.17, 15) is 9.59 Å². The van der Waals surface area contributed by atoms with Gasteiger partial charge in [-0.05, 0) is 37.1 Å². The van der Waals surface area contributed by atoms with Crippen LogP contribution in [-0.4, -0.2) is 34.4 Å². The van der Waals surface area contributed by atoms with Crippen LogP contribution < -0.4 is 5.32 Å². The van der Waals surface area contributed by atoms with Crippen molar-refractivity contribution in [1.29, 1.82) is 0 Å². The van der Waals surface area contributed by atoms with Crippen LogP contribution in [-0.2, 0) is 17.9 Å². The standard InChI is InChI=1S/C21H31N3O3/c1-5-11-22-20(25)19-10-9-18(27-19)15-23-13-7-8-17(23)14-24(12-6-2)21(26)16(3)4/h7-10,13,16H,5-6,11-12,14-15H2,1-4H3,(H,22,25). The van der Waals surface area contributed by atoms with E-state index in [1.807, 2.05) is 50.1 Å². The molecule has 0 atom stereocenters. The van der Waals surface area contributed by atoms with Gasteiger partial charge in [-0.25, -0.2) is 0 Å². The van der Waals surface area contributed by atoms with E-state index in [1.165, 1.54) is 0 Å². The van der Waals surface area contributed by atoms with Crippen molar-refractivity contribution in [2.75, 3.05) is 13.1 Å². The van der Waals surface area contributed by atoms with Gasteiger partial charge in [-0.3, -0.25) is 9.59 Å². The Hall–Kier alpha value is -2.50. The van der Waals surface area contributed by atoms with Crippen LogP contribution in [0.4, 0.5) is 0 Å². The lowest BCUT2D eigenvalue weighted by molar-refractivity contribution is -0.135. The summed E-state index contributed by atoms with van der Waals surface area (Å²) in [5, 5.41) is 2.81. The third kappa shape index (κ3) is 5.74. The first-order chi connectivity index (χ1) is 13.0. The maximum atomic E-state index is 12.4. The number of nitrogens with one attached hydrogen (secondary N) is 1. The minimum Gasteiger partial charge on any atom is -0.454 e. The molecule has 2 amide bonds. The van der Waals surface area contributed by atoms with Gasteiger partial charge in [-0.2, -0.15) is 0 Å². The predicted molar refractivity (Wildman–Crippen MR) is 105 cm³/mol. The predicted octanol–water partition coefficient (Wildman–Crippen LogP) is 3.66. The highest BCUT2D eigenvalue weighted by atomic mass is 16.4. The number of amides is 2. The second kappa shape index (κ2) is 10.00. The molecule has 2 aromatic rings. The van der Waals surface area contributed by atoms with Gasteiger partial charge in [-0.15, -0.1) is 0 Å². The summed E-state index contributed by atoms with van der Waals surface area (Å²) in [4.78, 5) is 26.3. The summed E-state index contributed by atoms with van der Waals surface area (Å²) in [6, 6.07) is 7.52. The lowest BCUT2D eigenvalue weighted by Gasteiger charge is -2.24. The lowest BCUT2D eigenvalue weighted by Crippen LogP contribution is -2.35. The maximum Gasteiger partial charge on any atom is 0.286 e. The van der Waals surface area contributed by atoms with E-state index in [2.05, 4.69) is 16.8 Å². The summed E-state index contributed by atoms with van der Waals surface area (Å²) < 4.78 is 7.75. The number of furan rings is 1. The van der Waals surface area contributed by atoms with Crippen LogP contribution in [0.1, 0.15) is 62.5 Å². The Bertz CT molecular complexity index is 745. The van der Waals surface area contributed by atoms with E-state index in [1.54, 1.807) is 6.07 Å². The Morgan fingerprint density at radius 3 is 2.63 bits per heavy atom. The molecule has 0 spiro atoms. The van der Waals surface area contributed by atoms with Crippen molar-refractivity contribution in [3.63, 3.8) is 0 Å². The van der Waals surface area contributed by atoms with E-state index >= 15 is 0 Å². The van der Waals surface area contributed by atoms with Crippen molar-refractivity contribution in [3.05, 3.63) is 47.7 Å². The third-order valence-corrected chi connectivity index (χ3v) is 4.32. The fourth-order valence-corrected chi connectivity index (χ4v) is 2.92. The minimum atomic E-state index is -0.188. The van der Waals surface area contributed by atoms with Crippen LogP contribution in [0.3, 0.4) is 0 Å². The first-order valence-corrected chi connectivity index (χ1v) is 9.75. The van der Waals surface area contributed by atoms with Gasteiger partial charge in [0.15, 0.2) is 5.76 Å². The van der Waals surface area contributed by atoms with Gasteiger partial charge < -0.3 is 19.2 Å². The number of carbonyl (C=O) groups is 2. The highest BCUT2D eigenvalue weighted by Gasteiger charge is 2.18. The molecular weight excluding hydrogens is 342 g/mol. The van der Waals surface area contributed by atoms with Crippen molar-refractivity contribution in [2.45, 2.75) is 53.6 Å². The molecule has 27 heavy (non-hydrogen) atoms. The molecule has 2 rings (SSSR count). The smallest absolute Gasteiger partial charge is 0.286 e. The Balaban J connectivity index is 2.07. The van der Waals surface area contributed by atoms with Crippen molar-refractivity contribution >= 4 is 11.8 Å². The highest BCUT2D eigenvalue weighted by Crippen LogP contribution is 2.15. The summed E-state index contributed by atoms with van der Waals surface area (Å²) in [7, 11) is 0. The molecule has 0 saturated heterocycles. The van der Waals surface area contributed by atoms with Gasteiger partial charge >= 0.3 is 0 Å². The maximum absolute atomic E-state index is 12.4. The Kier molecular flexibility index (Phi) is 7.70. The van der Waals surface area contributed by atoms with Crippen LogP contribution in [0, 0.1) is 5.92 Å². The van der Waals surface area contributed by atoms with Crippen molar-refractivity contribution in [2.24, 2.45) is 5.92 Å². The van der Waals surface area contributed by atoms with E-state index < -0.39 is 0 Å². The summed E-state index contributed by atoms with van der Waals surface area (Å²) in [5.41, 5.74) is 1.05. The molecule has 2 aromatic heterocycles. The highest BCUT2D eigenvalue weighted by molar-refractivity contribution is 5.91. The van der Waals surface area contributed by atoms with Gasteiger partial charge in [0.1, 0.15) is 5.76 Å². The number of carbonyl (C=O) groups excluding carboxylic acids is 2. The second-order valence-electron chi connectivity index (χ2n) is 7.06. The largest absolute Gasteiger partial charge is 0.454 e. The molecule has 0 aromatic carbocycles. The molecule has 0 aliphatic heterocycles. The zero-order valence-electron chi connectivity index (χ0n) is 16.8. The van der Waals surface area contributed by atoms with Crippen molar-refractivity contribution in [1.82, 2.24) is 14.8 Å². The van der Waals surface area contributed by atoms with Crippen LogP contribution in [0.15, 0.2) is 34.9 Å². The Morgan fingerprint density at radius 2 is 1.96 bits per heavy atom. The monoisotopic (exact) mass is 373 g/mol. The first kappa shape index (κ1) is 20.8. The molecule has 0 aliphatic carbocycles. The Morgan fingerprint density at radius 1 is 1.19 bits per heavy atom. The topological polar surface area (TPSA) is 67.5 Å². The molecule has 0 unspecified atom stereocenters. The van der Waals surface area contributed by atoms with Crippen molar-refractivity contribution in [3.8, 4) is 0 Å². The first-order valence-electron chi connectivity index (χ1n) is 9.75. The van der Waals surface area contributed by atoms with Gasteiger partial charge in [0.2, 0.25) is 5.91 Å². The normalized spacial score (nSPS) is 11.0. The fraction of sp³-hybridized carbons (Fsp3) is 0.524. The molecule has 0 radical (unpaired) electrons. The van der Waals surface area contributed by atoms with Crippen molar-refractivity contribution < 1.29 is 14.0 Å². The number of aromatic nitrogens is 1. The number of hydrogen-bond donors (Lipinski definition) is 1. The van der Waals surface area contributed by atoms with Crippen LogP contribution in [0.25, 0.3) is 0 Å². The minimum absolute atomic E-state index is 0.0192. The molecule has 6 nitrogen and oxygen atoms in total. The van der Waals surface area contributed by atoms with E-state index in [0.29, 0.717) is 31.2 Å². The van der Waals surface area contributed by atoms with E-state index in [0.717, 1.165) is 25.1 Å². The molecule has 1 N–H and O–H groups in total. The second-order valence-corrected chi connectivity index (χ2v) is 7.06. The number of rotatable bonds is 10. The molecule has 6 heteroatoms. The number of hydrogen-bond acceptors (Lipinski definition) is 3. The number of nitrogens with zero attached hydrogens (tertiary/aromatic N) is 2. The summed E-state index contributed by atoms with van der Waals surface area (Å²) in [6.45, 7) is 10.4. The average molecular weight is 373 g/mol. The summed E-state index contributed by atoms with van der Waals surface area (Å²) in [5.74, 6) is 1.00. The molecular formula is C21H31N3O3. The fourth-order valence-electron chi connectivity index (χ4n) is 2.92. The van der Waals surface area contributed by atoms with Gasteiger partial charge in [-0.1, -0.05) is 27.7 Å². The molecule has 148 valence electrons. The summed E-state index contributed by atoms with van der Waals surface area (Å²) >= 11 is 0. The molecule has 0 aliphatic rings. The van der Waals surface area contributed by atoms with E-state index in [-0.39, 0.29) is 17.7 Å². The van der Waals surface area contributed by atoms with E-state index in [4.69, 9.17) is 4.42 Å². The molecule has 0 fully saturated rings. The van der Waals surface area contributed by atoms with Crippen LogP contribution in [0.5, 0.6) is 0 Å². The Labute approximate surface area is 161 Å². The third-order valence-electron chi connectivity index (χ3n) is 4.32. The SMILES string of the molecule is CCCNC(=O)c1ccc(Cn2cccc2CN(CCC)C(=O)C(C)C)o1. The van der Waals surface area contributed by atoms with Gasteiger partial charge in [0, 0.05) is 30.9 Å². The quantitative estimate of drug-likeness (QED) is 0.691. The molecule has 0 bridgehead atoms. The molecule has 2 heterocycles. The lowest BCUT2D eigenvalue weighted by atomic mass is 10.2. The van der Waals surface area contributed by atoms with Gasteiger partial charge in [0.05, 0.1) is 13.1 Å². The van der Waals surface area contributed by atoms with Crippen LogP contribution >= 0.6 is 0 Å². The van der Waals surface area contributed by atoms with Gasteiger partial charge in [0.25, 0.3) is 5.91 Å². The average Bonchev–Trinajstić information content (AvgIpc) is 3.28. The zero-order chi connectivity index (χ0) is 19.8.